The lowest BCUT2D eigenvalue weighted by Gasteiger charge is -2.16. The molecule has 1 N–H and O–H groups in total. The standard InChI is InChI=1S/C12H12BrN3O/c13-9-4-1-3-8(7-9)11-14-12-10(17)5-2-6-16(12)15-11/h1,3-4,7,10,17H,2,5-6H2. The topological polar surface area (TPSA) is 50.9 Å². The molecule has 0 spiro atoms. The van der Waals surface area contributed by atoms with E-state index in [0.29, 0.717) is 11.6 Å². The molecule has 2 aromatic rings. The Labute approximate surface area is 107 Å². The molecule has 1 aromatic carbocycles. The third kappa shape index (κ3) is 2.00. The second kappa shape index (κ2) is 4.23. The Balaban J connectivity index is 2.05. The normalized spacial score (nSPS) is 19.1. The van der Waals surface area contributed by atoms with Crippen LogP contribution in [0.1, 0.15) is 24.8 Å². The number of rotatable bonds is 1. The van der Waals surface area contributed by atoms with Gasteiger partial charge in [-0.05, 0) is 25.0 Å². The minimum Gasteiger partial charge on any atom is -0.385 e. The summed E-state index contributed by atoms with van der Waals surface area (Å²) in [7, 11) is 0. The first kappa shape index (κ1) is 10.9. The highest BCUT2D eigenvalue weighted by molar-refractivity contribution is 9.10. The molecule has 4 nitrogen and oxygen atoms in total. The Morgan fingerprint density at radius 3 is 3.06 bits per heavy atom. The maximum absolute atomic E-state index is 9.84. The van der Waals surface area contributed by atoms with Gasteiger partial charge in [0.1, 0.15) is 6.10 Å². The van der Waals surface area contributed by atoms with Crippen molar-refractivity contribution >= 4 is 15.9 Å². The molecule has 0 fully saturated rings. The summed E-state index contributed by atoms with van der Waals surface area (Å²) >= 11 is 3.43. The van der Waals surface area contributed by atoms with Gasteiger partial charge in [-0.25, -0.2) is 9.67 Å². The Hall–Kier alpha value is -1.20. The summed E-state index contributed by atoms with van der Waals surface area (Å²) in [6.07, 6.45) is 1.25. The van der Waals surface area contributed by atoms with Crippen LogP contribution >= 0.6 is 15.9 Å². The summed E-state index contributed by atoms with van der Waals surface area (Å²) in [5.41, 5.74) is 0.966. The lowest BCUT2D eigenvalue weighted by atomic mass is 10.1. The van der Waals surface area contributed by atoms with Crippen molar-refractivity contribution < 1.29 is 5.11 Å². The van der Waals surface area contributed by atoms with Gasteiger partial charge in [0.2, 0.25) is 0 Å². The highest BCUT2D eigenvalue weighted by atomic mass is 79.9. The zero-order valence-electron chi connectivity index (χ0n) is 9.17. The molecule has 17 heavy (non-hydrogen) atoms. The molecule has 0 saturated carbocycles. The minimum absolute atomic E-state index is 0.475. The molecule has 1 unspecified atom stereocenters. The highest BCUT2D eigenvalue weighted by Crippen LogP contribution is 2.26. The fourth-order valence-electron chi connectivity index (χ4n) is 2.08. The molecular formula is C12H12BrN3O. The van der Waals surface area contributed by atoms with E-state index < -0.39 is 6.10 Å². The number of aliphatic hydroxyl groups excluding tert-OH is 1. The van der Waals surface area contributed by atoms with Crippen LogP contribution in [0.15, 0.2) is 28.7 Å². The van der Waals surface area contributed by atoms with E-state index in [1.165, 1.54) is 0 Å². The molecule has 0 radical (unpaired) electrons. The Morgan fingerprint density at radius 1 is 1.41 bits per heavy atom. The molecule has 0 amide bonds. The largest absolute Gasteiger partial charge is 0.385 e. The van der Waals surface area contributed by atoms with Crippen LogP contribution in [0, 0.1) is 0 Å². The number of aromatic nitrogens is 3. The third-order valence-corrected chi connectivity index (χ3v) is 3.42. The quantitative estimate of drug-likeness (QED) is 0.879. The molecule has 5 heteroatoms. The number of hydrogen-bond acceptors (Lipinski definition) is 3. The summed E-state index contributed by atoms with van der Waals surface area (Å²) in [6, 6.07) is 7.87. The molecule has 3 rings (SSSR count). The van der Waals surface area contributed by atoms with Crippen molar-refractivity contribution in [3.8, 4) is 11.4 Å². The van der Waals surface area contributed by atoms with Crippen LogP contribution in [0.4, 0.5) is 0 Å². The first-order valence-corrected chi connectivity index (χ1v) is 6.42. The van der Waals surface area contributed by atoms with Gasteiger partial charge in [0.15, 0.2) is 11.6 Å². The van der Waals surface area contributed by atoms with Gasteiger partial charge in [0.05, 0.1) is 0 Å². The van der Waals surface area contributed by atoms with E-state index in [1.54, 1.807) is 0 Å². The van der Waals surface area contributed by atoms with E-state index >= 15 is 0 Å². The van der Waals surface area contributed by atoms with E-state index in [0.717, 1.165) is 29.4 Å². The highest BCUT2D eigenvalue weighted by Gasteiger charge is 2.22. The third-order valence-electron chi connectivity index (χ3n) is 2.93. The van der Waals surface area contributed by atoms with Crippen LogP contribution in [0.2, 0.25) is 0 Å². The van der Waals surface area contributed by atoms with Gasteiger partial charge >= 0.3 is 0 Å². The lowest BCUT2D eigenvalue weighted by Crippen LogP contribution is -2.16. The van der Waals surface area contributed by atoms with Crippen molar-refractivity contribution in [2.45, 2.75) is 25.5 Å². The van der Waals surface area contributed by atoms with Crippen molar-refractivity contribution in [1.82, 2.24) is 14.8 Å². The molecule has 1 aliphatic rings. The van der Waals surface area contributed by atoms with E-state index in [-0.39, 0.29) is 0 Å². The van der Waals surface area contributed by atoms with Crippen LogP contribution in [0.5, 0.6) is 0 Å². The fraction of sp³-hybridized carbons (Fsp3) is 0.333. The molecular weight excluding hydrogens is 282 g/mol. The van der Waals surface area contributed by atoms with Gasteiger partial charge in [-0.15, -0.1) is 0 Å². The van der Waals surface area contributed by atoms with Gasteiger partial charge in [0.25, 0.3) is 0 Å². The van der Waals surface area contributed by atoms with Crippen molar-refractivity contribution in [3.05, 3.63) is 34.6 Å². The Kier molecular flexibility index (Phi) is 2.72. The van der Waals surface area contributed by atoms with Gasteiger partial charge in [-0.2, -0.15) is 5.10 Å². The summed E-state index contributed by atoms with van der Waals surface area (Å²) < 4.78 is 2.81. The van der Waals surface area contributed by atoms with E-state index in [2.05, 4.69) is 26.0 Å². The van der Waals surface area contributed by atoms with Crippen LogP contribution in [0.3, 0.4) is 0 Å². The van der Waals surface area contributed by atoms with Crippen molar-refractivity contribution in [2.75, 3.05) is 0 Å². The van der Waals surface area contributed by atoms with E-state index in [4.69, 9.17) is 0 Å². The Bertz CT molecular complexity index is 552. The Morgan fingerprint density at radius 2 is 2.29 bits per heavy atom. The van der Waals surface area contributed by atoms with Crippen LogP contribution in [-0.2, 0) is 6.54 Å². The van der Waals surface area contributed by atoms with E-state index in [9.17, 15) is 5.11 Å². The minimum atomic E-state index is -0.475. The first-order valence-electron chi connectivity index (χ1n) is 5.63. The molecule has 0 bridgehead atoms. The molecule has 1 atom stereocenters. The number of nitrogens with zero attached hydrogens (tertiary/aromatic N) is 3. The van der Waals surface area contributed by atoms with Crippen molar-refractivity contribution in [1.29, 1.82) is 0 Å². The van der Waals surface area contributed by atoms with Gasteiger partial charge in [0, 0.05) is 16.6 Å². The molecule has 0 aliphatic carbocycles. The average Bonchev–Trinajstić information content (AvgIpc) is 2.74. The zero-order valence-corrected chi connectivity index (χ0v) is 10.8. The summed E-state index contributed by atoms with van der Waals surface area (Å²) in [6.45, 7) is 0.841. The van der Waals surface area contributed by atoms with Crippen LogP contribution < -0.4 is 0 Å². The molecule has 1 aliphatic heterocycles. The number of hydrogen-bond donors (Lipinski definition) is 1. The van der Waals surface area contributed by atoms with Crippen LogP contribution in [-0.4, -0.2) is 19.9 Å². The first-order chi connectivity index (χ1) is 8.24. The lowest BCUT2D eigenvalue weighted by molar-refractivity contribution is 0.130. The summed E-state index contributed by atoms with van der Waals surface area (Å²) in [5, 5.41) is 14.3. The fourth-order valence-corrected chi connectivity index (χ4v) is 2.48. The van der Waals surface area contributed by atoms with Crippen molar-refractivity contribution in [3.63, 3.8) is 0 Å². The van der Waals surface area contributed by atoms with E-state index in [1.807, 2.05) is 28.9 Å². The average molecular weight is 294 g/mol. The number of benzene rings is 1. The smallest absolute Gasteiger partial charge is 0.181 e. The predicted molar refractivity (Wildman–Crippen MR) is 67.4 cm³/mol. The van der Waals surface area contributed by atoms with Gasteiger partial charge in [-0.1, -0.05) is 28.1 Å². The predicted octanol–water partition coefficient (Wildman–Crippen LogP) is 2.53. The maximum atomic E-state index is 9.84. The van der Waals surface area contributed by atoms with Gasteiger partial charge < -0.3 is 5.11 Å². The SMILES string of the molecule is OC1CCCn2nc(-c3cccc(Br)c3)nc21. The molecule has 1 aromatic heterocycles. The molecule has 0 saturated heterocycles. The number of halogens is 1. The number of aryl methyl sites for hydroxylation is 1. The number of fused-ring (bicyclic) bond motifs is 1. The maximum Gasteiger partial charge on any atom is 0.181 e. The van der Waals surface area contributed by atoms with Crippen molar-refractivity contribution in [2.24, 2.45) is 0 Å². The van der Waals surface area contributed by atoms with Gasteiger partial charge in [-0.3, -0.25) is 0 Å². The second-order valence-corrected chi connectivity index (χ2v) is 5.10. The van der Waals surface area contributed by atoms with Crippen LogP contribution in [0.25, 0.3) is 11.4 Å². The molecule has 2 heterocycles. The monoisotopic (exact) mass is 293 g/mol. The molecule has 88 valence electrons. The summed E-state index contributed by atoms with van der Waals surface area (Å²) in [5.74, 6) is 1.37. The second-order valence-electron chi connectivity index (χ2n) is 4.19. The number of aliphatic hydroxyl groups is 1. The summed E-state index contributed by atoms with van der Waals surface area (Å²) in [4.78, 5) is 4.42. The zero-order chi connectivity index (χ0) is 11.8.